The summed E-state index contributed by atoms with van der Waals surface area (Å²) in [5, 5.41) is 26.6. The van der Waals surface area contributed by atoms with Crippen molar-refractivity contribution in [1.29, 1.82) is 0 Å². The van der Waals surface area contributed by atoms with Gasteiger partial charge in [0.25, 0.3) is 0 Å². The van der Waals surface area contributed by atoms with E-state index in [1.807, 2.05) is 36.4 Å². The molecular formula is C29H18ClN9O4S2. The van der Waals surface area contributed by atoms with Gasteiger partial charge in [-0.1, -0.05) is 41.9 Å². The Bertz CT molecular complexity index is 2150. The number of rotatable bonds is 7. The van der Waals surface area contributed by atoms with E-state index < -0.39 is 9.85 Å². The second-order valence-corrected chi connectivity index (χ2v) is 11.6. The molecule has 7 rings (SSSR count). The van der Waals surface area contributed by atoms with Gasteiger partial charge in [0, 0.05) is 54.6 Å². The van der Waals surface area contributed by atoms with Crippen LogP contribution in [0, 0.1) is 20.2 Å². The molecule has 13 nitrogen and oxygen atoms in total. The summed E-state index contributed by atoms with van der Waals surface area (Å²) in [6.45, 7) is 0.559. The predicted molar refractivity (Wildman–Crippen MR) is 173 cm³/mol. The van der Waals surface area contributed by atoms with Gasteiger partial charge in [0.2, 0.25) is 0 Å². The lowest BCUT2D eigenvalue weighted by Gasteiger charge is -2.09. The Morgan fingerprint density at radius 2 is 1.27 bits per heavy atom. The summed E-state index contributed by atoms with van der Waals surface area (Å²) in [5.74, 6) is 1.46. The smallest absolute Gasteiger partial charge is 0.326 e. The van der Waals surface area contributed by atoms with Crippen LogP contribution >= 0.6 is 34.3 Å². The van der Waals surface area contributed by atoms with Gasteiger partial charge in [0.05, 0.1) is 20.6 Å². The maximum Gasteiger partial charge on any atom is 0.326 e. The maximum atomic E-state index is 11.2. The van der Waals surface area contributed by atoms with E-state index in [2.05, 4.69) is 35.2 Å². The zero-order valence-electron chi connectivity index (χ0n) is 22.8. The number of nitro groups is 2. The third-order valence-corrected chi connectivity index (χ3v) is 8.46. The Morgan fingerprint density at radius 1 is 0.711 bits per heavy atom. The second-order valence-electron chi connectivity index (χ2n) is 9.18. The molecule has 0 aliphatic heterocycles. The Labute approximate surface area is 266 Å². The number of thiophene rings is 2. The van der Waals surface area contributed by atoms with Gasteiger partial charge in [-0.25, -0.2) is 19.9 Å². The minimum atomic E-state index is -0.466. The number of halogens is 1. The van der Waals surface area contributed by atoms with Crippen LogP contribution in [-0.4, -0.2) is 39.8 Å². The van der Waals surface area contributed by atoms with Gasteiger partial charge in [0.1, 0.15) is 20.6 Å². The van der Waals surface area contributed by atoms with Gasteiger partial charge in [-0.15, -0.1) is 0 Å². The first-order valence-corrected chi connectivity index (χ1v) is 15.0. The number of fused-ring (bicyclic) bond motifs is 2. The molecule has 0 aliphatic rings. The number of nitrogens with one attached hydrogen (secondary N) is 1. The molecule has 1 N–H and O–H groups in total. The van der Waals surface area contributed by atoms with Crippen LogP contribution in [0.4, 0.5) is 15.8 Å². The van der Waals surface area contributed by atoms with Gasteiger partial charge in [0.15, 0.2) is 11.6 Å². The van der Waals surface area contributed by atoms with Crippen molar-refractivity contribution in [2.75, 3.05) is 5.32 Å². The van der Waals surface area contributed by atoms with Crippen LogP contribution in [-0.2, 0) is 6.54 Å². The van der Waals surface area contributed by atoms with Crippen molar-refractivity contribution < 1.29 is 9.85 Å². The Balaban J connectivity index is 0.000000167. The molecule has 0 amide bonds. The predicted octanol–water partition coefficient (Wildman–Crippen LogP) is 7.59. The molecule has 7 aromatic rings. The van der Waals surface area contributed by atoms with Crippen LogP contribution in [0.1, 0.15) is 5.56 Å². The highest BCUT2D eigenvalue weighted by molar-refractivity contribution is 7.22. The molecule has 0 aliphatic carbocycles. The molecule has 0 fully saturated rings. The van der Waals surface area contributed by atoms with E-state index in [9.17, 15) is 20.2 Å². The number of hydrogen-bond donors (Lipinski definition) is 1. The lowest BCUT2D eigenvalue weighted by atomic mass is 10.2. The van der Waals surface area contributed by atoms with E-state index in [4.69, 9.17) is 11.6 Å². The Kier molecular flexibility index (Phi) is 8.54. The number of benzene rings is 1. The normalized spacial score (nSPS) is 10.8. The van der Waals surface area contributed by atoms with Crippen molar-refractivity contribution in [2.45, 2.75) is 6.54 Å². The fourth-order valence-corrected chi connectivity index (χ4v) is 6.10. The number of nitrogens with zero attached hydrogens (tertiary/aromatic N) is 8. The molecule has 6 heterocycles. The van der Waals surface area contributed by atoms with Gasteiger partial charge < -0.3 is 5.32 Å². The van der Waals surface area contributed by atoms with Crippen molar-refractivity contribution in [2.24, 2.45) is 0 Å². The fraction of sp³-hybridized carbons (Fsp3) is 0.0345. The largest absolute Gasteiger partial charge is 0.365 e. The second kappa shape index (κ2) is 13.0. The first kappa shape index (κ1) is 29.6. The third-order valence-electron chi connectivity index (χ3n) is 6.22. The summed E-state index contributed by atoms with van der Waals surface area (Å²) in [6, 6.07) is 20.0. The lowest BCUT2D eigenvalue weighted by molar-refractivity contribution is -0.380. The van der Waals surface area contributed by atoms with Gasteiger partial charge >= 0.3 is 10.0 Å². The van der Waals surface area contributed by atoms with Crippen molar-refractivity contribution in [3.8, 4) is 22.8 Å². The molecule has 222 valence electrons. The van der Waals surface area contributed by atoms with Crippen LogP contribution in [0.3, 0.4) is 0 Å². The maximum absolute atomic E-state index is 11.2. The minimum absolute atomic E-state index is 0.00506. The molecule has 0 radical (unpaired) electrons. The Hall–Kier alpha value is -5.51. The molecule has 0 atom stereocenters. The fourth-order valence-electron chi connectivity index (χ4n) is 4.13. The van der Waals surface area contributed by atoms with E-state index in [-0.39, 0.29) is 15.2 Å². The quantitative estimate of drug-likeness (QED) is 0.102. The monoisotopic (exact) mass is 655 g/mol. The summed E-state index contributed by atoms with van der Waals surface area (Å²) >= 11 is 8.06. The third kappa shape index (κ3) is 6.70. The van der Waals surface area contributed by atoms with Crippen LogP contribution in [0.25, 0.3) is 43.2 Å². The number of hydrogen-bond acceptors (Lipinski definition) is 13. The zero-order valence-corrected chi connectivity index (χ0v) is 25.2. The first-order chi connectivity index (χ1) is 21.9. The summed E-state index contributed by atoms with van der Waals surface area (Å²) in [7, 11) is 0. The number of aromatic nitrogens is 6. The van der Waals surface area contributed by atoms with Crippen LogP contribution in [0.5, 0.6) is 0 Å². The molecule has 6 aromatic heterocycles. The molecule has 45 heavy (non-hydrogen) atoms. The molecule has 0 saturated carbocycles. The van der Waals surface area contributed by atoms with E-state index >= 15 is 0 Å². The summed E-state index contributed by atoms with van der Waals surface area (Å²) in [5.41, 5.74) is 2.56. The summed E-state index contributed by atoms with van der Waals surface area (Å²) in [4.78, 5) is 47.7. The first-order valence-electron chi connectivity index (χ1n) is 13.0. The van der Waals surface area contributed by atoms with Gasteiger partial charge in [-0.2, -0.15) is 0 Å². The van der Waals surface area contributed by atoms with Gasteiger partial charge in [-0.3, -0.25) is 30.2 Å². The molecule has 0 unspecified atom stereocenters. The topological polar surface area (TPSA) is 176 Å². The van der Waals surface area contributed by atoms with E-state index in [0.29, 0.717) is 50.0 Å². The standard InChI is InChI=1S/C18H13N5O2S.C11H5ClN4O2S/c24-23(25)15-9-14-17(20-10-12-5-2-1-3-6-12)21-16(22-18(14)26-15)13-7-4-8-19-11-13;12-9-7-4-8(16(17)18)19-11(7)15-10(14-9)6-2-1-3-13-5-6/h1-9,11H,10H2,(H,20,21,22);1-5H. The highest BCUT2D eigenvalue weighted by Crippen LogP contribution is 2.36. The average molecular weight is 656 g/mol. The molecule has 0 saturated heterocycles. The van der Waals surface area contributed by atoms with Gasteiger partial charge in [-0.05, 0) is 52.5 Å². The SMILES string of the molecule is O=[N+]([O-])c1cc2c(Cl)nc(-c3cccnc3)nc2s1.O=[N+]([O-])c1cc2c(NCc3ccccc3)nc(-c3cccnc3)nc2s1. The highest BCUT2D eigenvalue weighted by atomic mass is 35.5. The molecule has 16 heteroatoms. The van der Waals surface area contributed by atoms with E-state index in [0.717, 1.165) is 33.8 Å². The van der Waals surface area contributed by atoms with Crippen LogP contribution < -0.4 is 5.32 Å². The molecule has 0 bridgehead atoms. The highest BCUT2D eigenvalue weighted by Gasteiger charge is 2.19. The molecule has 0 spiro atoms. The van der Waals surface area contributed by atoms with E-state index in [1.165, 1.54) is 12.1 Å². The van der Waals surface area contributed by atoms with Crippen molar-refractivity contribution in [3.63, 3.8) is 0 Å². The zero-order chi connectivity index (χ0) is 31.3. The van der Waals surface area contributed by atoms with Crippen LogP contribution in [0.2, 0.25) is 5.15 Å². The Morgan fingerprint density at radius 3 is 1.82 bits per heavy atom. The van der Waals surface area contributed by atoms with Crippen molar-refractivity contribution in [1.82, 2.24) is 29.9 Å². The summed E-state index contributed by atoms with van der Waals surface area (Å²) < 4.78 is 0. The average Bonchev–Trinajstić information content (AvgIpc) is 3.71. The van der Waals surface area contributed by atoms with Crippen molar-refractivity contribution >= 4 is 70.5 Å². The van der Waals surface area contributed by atoms with E-state index in [1.54, 1.807) is 43.0 Å². The number of anilines is 1. The number of pyridine rings is 2. The van der Waals surface area contributed by atoms with Crippen LogP contribution in [0.15, 0.2) is 91.5 Å². The molecular weight excluding hydrogens is 638 g/mol. The minimum Gasteiger partial charge on any atom is -0.365 e. The summed E-state index contributed by atoms with van der Waals surface area (Å²) in [6.07, 6.45) is 6.59. The molecule has 1 aromatic carbocycles. The lowest BCUT2D eigenvalue weighted by Crippen LogP contribution is -2.03. The van der Waals surface area contributed by atoms with Crippen molar-refractivity contribution in [3.05, 3.63) is 122 Å².